The number of carbonyl (C=O) groups is 2. The van der Waals surface area contributed by atoms with Crippen LogP contribution >= 0.6 is 11.6 Å². The average molecular weight is 453 g/mol. The molecule has 3 aromatic carbocycles. The van der Waals surface area contributed by atoms with Crippen molar-refractivity contribution >= 4 is 23.4 Å². The van der Waals surface area contributed by atoms with Crippen LogP contribution in [0.4, 0.5) is 4.39 Å². The summed E-state index contributed by atoms with van der Waals surface area (Å²) in [4.78, 5) is 28.9. The minimum Gasteiger partial charge on any atom is -0.489 e. The quantitative estimate of drug-likeness (QED) is 0.566. The number of carbonyl (C=O) groups excluding carboxylic acids is 2. The zero-order chi connectivity index (χ0) is 22.5. The number of hydrogen-bond donors (Lipinski definition) is 0. The topological polar surface area (TPSA) is 49.9 Å². The molecule has 1 aliphatic heterocycles. The molecule has 1 fully saturated rings. The van der Waals surface area contributed by atoms with Gasteiger partial charge < -0.3 is 14.5 Å². The Labute approximate surface area is 191 Å². The van der Waals surface area contributed by atoms with Gasteiger partial charge in [-0.1, -0.05) is 41.9 Å². The van der Waals surface area contributed by atoms with Crippen LogP contribution in [0.25, 0.3) is 0 Å². The second-order valence-corrected chi connectivity index (χ2v) is 7.91. The highest BCUT2D eigenvalue weighted by molar-refractivity contribution is 6.33. The first kappa shape index (κ1) is 21.8. The van der Waals surface area contributed by atoms with Gasteiger partial charge in [-0.2, -0.15) is 0 Å². The van der Waals surface area contributed by atoms with Crippen LogP contribution in [0.1, 0.15) is 26.3 Å². The number of ether oxygens (including phenoxy) is 1. The molecule has 7 heteroatoms. The summed E-state index contributed by atoms with van der Waals surface area (Å²) in [6.45, 7) is 2.04. The van der Waals surface area contributed by atoms with Crippen molar-refractivity contribution in [2.45, 2.75) is 6.61 Å². The van der Waals surface area contributed by atoms with E-state index in [1.54, 1.807) is 21.9 Å². The highest BCUT2D eigenvalue weighted by Gasteiger charge is 2.26. The summed E-state index contributed by atoms with van der Waals surface area (Å²) in [7, 11) is 0. The van der Waals surface area contributed by atoms with Gasteiger partial charge in [0.25, 0.3) is 11.8 Å². The molecule has 1 aliphatic rings. The van der Waals surface area contributed by atoms with Crippen LogP contribution in [0.3, 0.4) is 0 Å². The van der Waals surface area contributed by atoms with Gasteiger partial charge in [0.1, 0.15) is 18.2 Å². The summed E-state index contributed by atoms with van der Waals surface area (Å²) < 4.78 is 19.0. The van der Waals surface area contributed by atoms with Crippen LogP contribution in [0, 0.1) is 5.82 Å². The van der Waals surface area contributed by atoms with E-state index in [1.807, 2.05) is 42.5 Å². The summed E-state index contributed by atoms with van der Waals surface area (Å²) in [5.41, 5.74) is 1.83. The van der Waals surface area contributed by atoms with Gasteiger partial charge in [-0.3, -0.25) is 9.59 Å². The van der Waals surface area contributed by atoms with E-state index < -0.39 is 5.82 Å². The highest BCUT2D eigenvalue weighted by Crippen LogP contribution is 2.20. The molecule has 4 rings (SSSR count). The van der Waals surface area contributed by atoms with Gasteiger partial charge in [0.2, 0.25) is 0 Å². The lowest BCUT2D eigenvalue weighted by molar-refractivity contribution is 0.0535. The smallest absolute Gasteiger partial charge is 0.255 e. The van der Waals surface area contributed by atoms with Crippen molar-refractivity contribution in [2.24, 2.45) is 0 Å². The number of rotatable bonds is 5. The Morgan fingerprint density at radius 1 is 0.844 bits per heavy atom. The van der Waals surface area contributed by atoms with E-state index in [9.17, 15) is 14.0 Å². The van der Waals surface area contributed by atoms with Gasteiger partial charge in [0.15, 0.2) is 0 Å². The third-order valence-electron chi connectivity index (χ3n) is 5.37. The Balaban J connectivity index is 1.31. The average Bonchev–Trinajstić information content (AvgIpc) is 2.83. The van der Waals surface area contributed by atoms with Gasteiger partial charge in [0.05, 0.1) is 10.6 Å². The lowest BCUT2D eigenvalue weighted by Crippen LogP contribution is -2.50. The van der Waals surface area contributed by atoms with Crippen molar-refractivity contribution in [3.63, 3.8) is 0 Å². The van der Waals surface area contributed by atoms with Gasteiger partial charge in [-0.15, -0.1) is 0 Å². The number of halogens is 2. The standard InChI is InChI=1S/C25H22ClFN2O3/c26-23-16-20(27)10-11-22(23)25(31)29-14-12-28(13-15-29)24(30)19-8-6-18(7-9-19)17-32-21-4-2-1-3-5-21/h1-11,16H,12-15,17H2. The summed E-state index contributed by atoms with van der Waals surface area (Å²) in [6, 6.07) is 20.6. The lowest BCUT2D eigenvalue weighted by Gasteiger charge is -2.35. The fraction of sp³-hybridized carbons (Fsp3) is 0.200. The van der Waals surface area contributed by atoms with E-state index in [2.05, 4.69) is 0 Å². The maximum absolute atomic E-state index is 13.2. The number of piperazine rings is 1. The third-order valence-corrected chi connectivity index (χ3v) is 5.68. The minimum absolute atomic E-state index is 0.0764. The summed E-state index contributed by atoms with van der Waals surface area (Å²) >= 11 is 6.01. The molecule has 32 heavy (non-hydrogen) atoms. The van der Waals surface area contributed by atoms with E-state index in [-0.39, 0.29) is 22.4 Å². The molecule has 5 nitrogen and oxygen atoms in total. The molecule has 1 saturated heterocycles. The fourth-order valence-electron chi connectivity index (χ4n) is 3.56. The zero-order valence-corrected chi connectivity index (χ0v) is 18.1. The number of amides is 2. The zero-order valence-electron chi connectivity index (χ0n) is 17.3. The van der Waals surface area contributed by atoms with Crippen LogP contribution in [-0.4, -0.2) is 47.8 Å². The molecule has 2 amide bonds. The molecule has 0 saturated carbocycles. The Bertz CT molecular complexity index is 1100. The van der Waals surface area contributed by atoms with E-state index in [0.29, 0.717) is 38.3 Å². The van der Waals surface area contributed by atoms with Gasteiger partial charge in [0, 0.05) is 31.7 Å². The predicted molar refractivity (Wildman–Crippen MR) is 120 cm³/mol. The summed E-state index contributed by atoms with van der Waals surface area (Å²) in [5.74, 6) is -0.0288. The van der Waals surface area contributed by atoms with Gasteiger partial charge in [-0.05, 0) is 48.0 Å². The van der Waals surface area contributed by atoms with Crippen molar-refractivity contribution in [3.05, 3.63) is 100 Å². The maximum atomic E-state index is 13.2. The molecule has 0 aromatic heterocycles. The molecule has 164 valence electrons. The van der Waals surface area contributed by atoms with Crippen molar-refractivity contribution in [3.8, 4) is 5.75 Å². The fourth-order valence-corrected chi connectivity index (χ4v) is 3.80. The van der Waals surface area contributed by atoms with Gasteiger partial charge >= 0.3 is 0 Å². The summed E-state index contributed by atoms with van der Waals surface area (Å²) in [6.07, 6.45) is 0. The van der Waals surface area contributed by atoms with Crippen LogP contribution in [0.15, 0.2) is 72.8 Å². The van der Waals surface area contributed by atoms with Crippen molar-refractivity contribution in [2.75, 3.05) is 26.2 Å². The van der Waals surface area contributed by atoms with E-state index in [1.165, 1.54) is 12.1 Å². The number of para-hydroxylation sites is 1. The molecule has 3 aromatic rings. The number of nitrogens with zero attached hydrogens (tertiary/aromatic N) is 2. The van der Waals surface area contributed by atoms with Crippen LogP contribution in [0.2, 0.25) is 5.02 Å². The maximum Gasteiger partial charge on any atom is 0.255 e. The Morgan fingerprint density at radius 3 is 2.09 bits per heavy atom. The normalized spacial score (nSPS) is 13.7. The van der Waals surface area contributed by atoms with Crippen LogP contribution < -0.4 is 4.74 Å². The molecule has 0 bridgehead atoms. The number of hydrogen-bond acceptors (Lipinski definition) is 3. The third kappa shape index (κ3) is 5.08. The minimum atomic E-state index is -0.486. The Hall–Kier alpha value is -3.38. The van der Waals surface area contributed by atoms with E-state index in [0.717, 1.165) is 17.4 Å². The molecule has 0 spiro atoms. The molecule has 0 unspecified atom stereocenters. The molecule has 0 radical (unpaired) electrons. The van der Waals surface area contributed by atoms with Crippen LogP contribution in [0.5, 0.6) is 5.75 Å². The van der Waals surface area contributed by atoms with Gasteiger partial charge in [-0.25, -0.2) is 4.39 Å². The number of benzene rings is 3. The second kappa shape index (κ2) is 9.83. The Kier molecular flexibility index (Phi) is 6.71. The molecule has 0 aliphatic carbocycles. The first-order valence-corrected chi connectivity index (χ1v) is 10.7. The summed E-state index contributed by atoms with van der Waals surface area (Å²) in [5, 5.41) is 0.0878. The Morgan fingerprint density at radius 2 is 1.47 bits per heavy atom. The predicted octanol–water partition coefficient (Wildman–Crippen LogP) is 4.66. The van der Waals surface area contributed by atoms with E-state index >= 15 is 0 Å². The molecule has 0 atom stereocenters. The molecular weight excluding hydrogens is 431 g/mol. The second-order valence-electron chi connectivity index (χ2n) is 7.51. The SMILES string of the molecule is O=C(c1ccc(COc2ccccc2)cc1)N1CCN(C(=O)c2ccc(F)cc2Cl)CC1. The molecule has 1 heterocycles. The molecule has 0 N–H and O–H groups in total. The van der Waals surface area contributed by atoms with Crippen molar-refractivity contribution in [1.29, 1.82) is 0 Å². The van der Waals surface area contributed by atoms with E-state index in [4.69, 9.17) is 16.3 Å². The lowest BCUT2D eigenvalue weighted by atomic mass is 10.1. The monoisotopic (exact) mass is 452 g/mol. The largest absolute Gasteiger partial charge is 0.489 e. The van der Waals surface area contributed by atoms with Crippen LogP contribution in [-0.2, 0) is 6.61 Å². The highest BCUT2D eigenvalue weighted by atomic mass is 35.5. The molecular formula is C25H22ClFN2O3. The van der Waals surface area contributed by atoms with Crippen molar-refractivity contribution < 1.29 is 18.7 Å². The first-order valence-electron chi connectivity index (χ1n) is 10.3. The first-order chi connectivity index (χ1) is 15.5. The van der Waals surface area contributed by atoms with Crippen molar-refractivity contribution in [1.82, 2.24) is 9.80 Å².